The van der Waals surface area contributed by atoms with Crippen molar-refractivity contribution >= 4 is 5.97 Å². The third-order valence-electron chi connectivity index (χ3n) is 4.83. The highest BCUT2D eigenvalue weighted by Crippen LogP contribution is 2.44. The molecule has 1 aromatic rings. The number of hydrogen-bond donors (Lipinski definition) is 2. The Bertz CT molecular complexity index is 495. The van der Waals surface area contributed by atoms with Crippen molar-refractivity contribution in [3.63, 3.8) is 0 Å². The average Bonchev–Trinajstić information content (AvgIpc) is 3.07. The Kier molecular flexibility index (Phi) is 4.29. The van der Waals surface area contributed by atoms with Crippen molar-refractivity contribution in [2.45, 2.75) is 45.6 Å². The molecular weight excluding hydrogens is 266 g/mol. The lowest BCUT2D eigenvalue weighted by Crippen LogP contribution is -2.24. The van der Waals surface area contributed by atoms with Crippen molar-refractivity contribution in [1.82, 2.24) is 14.9 Å². The Morgan fingerprint density at radius 2 is 2.29 bits per heavy atom. The van der Waals surface area contributed by atoms with Crippen molar-refractivity contribution in [1.29, 1.82) is 0 Å². The average molecular weight is 291 g/mol. The maximum Gasteiger partial charge on any atom is 0.308 e. The van der Waals surface area contributed by atoms with E-state index in [9.17, 15) is 9.90 Å². The molecule has 21 heavy (non-hydrogen) atoms. The van der Waals surface area contributed by atoms with Crippen molar-refractivity contribution in [3.8, 4) is 0 Å². The molecule has 0 spiro atoms. The summed E-state index contributed by atoms with van der Waals surface area (Å²) in [4.78, 5) is 21.5. The number of aromatic amines is 1. The van der Waals surface area contributed by atoms with Gasteiger partial charge in [-0.25, -0.2) is 4.98 Å². The van der Waals surface area contributed by atoms with Crippen LogP contribution in [0.4, 0.5) is 0 Å². The zero-order valence-corrected chi connectivity index (χ0v) is 12.7. The number of aryl methyl sites for hydroxylation is 1. The first-order valence-corrected chi connectivity index (χ1v) is 8.15. The maximum absolute atomic E-state index is 11.4. The van der Waals surface area contributed by atoms with Gasteiger partial charge in [0.15, 0.2) is 0 Å². The first-order valence-electron chi connectivity index (χ1n) is 8.15. The first kappa shape index (κ1) is 14.6. The lowest BCUT2D eigenvalue weighted by molar-refractivity contribution is -0.142. The molecule has 2 fully saturated rings. The lowest BCUT2D eigenvalue weighted by Gasteiger charge is -2.14. The van der Waals surface area contributed by atoms with Crippen LogP contribution in [0, 0.1) is 17.8 Å². The monoisotopic (exact) mass is 291 g/mol. The molecule has 0 radical (unpaired) electrons. The first-order chi connectivity index (χ1) is 10.2. The zero-order valence-electron chi connectivity index (χ0n) is 12.7. The second-order valence-corrected chi connectivity index (χ2v) is 6.60. The van der Waals surface area contributed by atoms with Crippen LogP contribution in [0.5, 0.6) is 0 Å². The van der Waals surface area contributed by atoms with Crippen LogP contribution in [0.2, 0.25) is 0 Å². The number of H-pyrrole nitrogens is 1. The Hall–Kier alpha value is -1.36. The Morgan fingerprint density at radius 1 is 1.48 bits per heavy atom. The molecule has 1 aliphatic carbocycles. The van der Waals surface area contributed by atoms with Gasteiger partial charge in [-0.05, 0) is 31.1 Å². The van der Waals surface area contributed by atoms with Crippen molar-refractivity contribution in [2.75, 3.05) is 13.1 Å². The lowest BCUT2D eigenvalue weighted by atomic mass is 9.92. The Labute approximate surface area is 125 Å². The molecule has 1 aliphatic heterocycles. The number of aliphatic carboxylic acids is 1. The second kappa shape index (κ2) is 6.18. The van der Waals surface area contributed by atoms with Gasteiger partial charge in [-0.1, -0.05) is 13.3 Å². The number of aromatic nitrogens is 2. The molecule has 3 rings (SSSR count). The molecule has 5 nitrogen and oxygen atoms in total. The maximum atomic E-state index is 11.4. The molecule has 2 atom stereocenters. The molecule has 5 heteroatoms. The molecule has 2 heterocycles. The van der Waals surface area contributed by atoms with Gasteiger partial charge in [0.25, 0.3) is 0 Å². The van der Waals surface area contributed by atoms with Crippen LogP contribution < -0.4 is 0 Å². The van der Waals surface area contributed by atoms with Crippen LogP contribution in [0.15, 0.2) is 6.20 Å². The third kappa shape index (κ3) is 3.46. The van der Waals surface area contributed by atoms with E-state index in [0.29, 0.717) is 18.4 Å². The molecule has 1 saturated carbocycles. The van der Waals surface area contributed by atoms with Gasteiger partial charge in [0, 0.05) is 37.9 Å². The van der Waals surface area contributed by atoms with Gasteiger partial charge in [-0.15, -0.1) is 0 Å². The minimum Gasteiger partial charge on any atom is -0.481 e. The van der Waals surface area contributed by atoms with Crippen molar-refractivity contribution in [3.05, 3.63) is 17.7 Å². The van der Waals surface area contributed by atoms with Gasteiger partial charge in [0.1, 0.15) is 5.82 Å². The van der Waals surface area contributed by atoms with Gasteiger partial charge in [-0.3, -0.25) is 9.69 Å². The highest BCUT2D eigenvalue weighted by molar-refractivity contribution is 5.71. The fourth-order valence-corrected chi connectivity index (χ4v) is 3.50. The zero-order chi connectivity index (χ0) is 14.8. The summed E-state index contributed by atoms with van der Waals surface area (Å²) in [6.45, 7) is 4.58. The summed E-state index contributed by atoms with van der Waals surface area (Å²) >= 11 is 0. The number of nitrogens with zero attached hydrogens (tertiary/aromatic N) is 2. The van der Waals surface area contributed by atoms with Crippen LogP contribution in [0.3, 0.4) is 0 Å². The fraction of sp³-hybridized carbons (Fsp3) is 0.750. The minimum absolute atomic E-state index is 0.181. The van der Waals surface area contributed by atoms with Gasteiger partial charge in [0.05, 0.1) is 5.92 Å². The van der Waals surface area contributed by atoms with E-state index < -0.39 is 5.97 Å². The van der Waals surface area contributed by atoms with E-state index in [-0.39, 0.29) is 5.92 Å². The third-order valence-corrected chi connectivity index (χ3v) is 4.83. The normalized spacial score (nSPS) is 26.3. The molecule has 2 N–H and O–H groups in total. The van der Waals surface area contributed by atoms with Crippen LogP contribution in [-0.2, 0) is 17.8 Å². The molecule has 0 bridgehead atoms. The molecule has 0 unspecified atom stereocenters. The Balaban J connectivity index is 1.57. The van der Waals surface area contributed by atoms with E-state index in [1.807, 2.05) is 6.20 Å². The summed E-state index contributed by atoms with van der Waals surface area (Å²) in [5, 5.41) is 9.40. The molecule has 1 saturated heterocycles. The molecule has 0 amide bonds. The molecule has 0 aromatic carbocycles. The van der Waals surface area contributed by atoms with E-state index >= 15 is 0 Å². The molecule has 116 valence electrons. The fourth-order valence-electron chi connectivity index (χ4n) is 3.50. The summed E-state index contributed by atoms with van der Waals surface area (Å²) in [6, 6.07) is 0. The summed E-state index contributed by atoms with van der Waals surface area (Å²) in [5.41, 5.74) is 1.11. The van der Waals surface area contributed by atoms with Crippen LogP contribution in [0.1, 0.15) is 44.1 Å². The van der Waals surface area contributed by atoms with Gasteiger partial charge >= 0.3 is 5.97 Å². The smallest absolute Gasteiger partial charge is 0.308 e. The van der Waals surface area contributed by atoms with Crippen molar-refractivity contribution < 1.29 is 9.90 Å². The number of likely N-dealkylation sites (tertiary alicyclic amines) is 1. The number of imidazole rings is 1. The number of carboxylic acid groups (broad SMARTS) is 1. The summed E-state index contributed by atoms with van der Waals surface area (Å²) < 4.78 is 0. The van der Waals surface area contributed by atoms with E-state index in [1.165, 1.54) is 19.3 Å². The highest BCUT2D eigenvalue weighted by Gasteiger charge is 2.45. The van der Waals surface area contributed by atoms with Gasteiger partial charge < -0.3 is 10.1 Å². The predicted octanol–water partition coefficient (Wildman–Crippen LogP) is 2.29. The number of rotatable bonds is 7. The molecular formula is C16H25N3O2. The topological polar surface area (TPSA) is 69.2 Å². The Morgan fingerprint density at radius 3 is 2.95 bits per heavy atom. The summed E-state index contributed by atoms with van der Waals surface area (Å²) in [5.74, 6) is 1.25. The number of nitrogens with one attached hydrogen (secondary N) is 1. The van der Waals surface area contributed by atoms with Gasteiger partial charge in [-0.2, -0.15) is 0 Å². The van der Waals surface area contributed by atoms with E-state index in [2.05, 4.69) is 21.8 Å². The second-order valence-electron chi connectivity index (χ2n) is 6.60. The number of unbranched alkanes of at least 4 members (excludes halogenated alkanes) is 1. The molecule has 1 aromatic heterocycles. The van der Waals surface area contributed by atoms with Gasteiger partial charge in [0.2, 0.25) is 0 Å². The van der Waals surface area contributed by atoms with E-state index in [4.69, 9.17) is 0 Å². The molecule has 2 aliphatic rings. The van der Waals surface area contributed by atoms with E-state index in [1.54, 1.807) is 0 Å². The summed E-state index contributed by atoms with van der Waals surface area (Å²) in [7, 11) is 0. The minimum atomic E-state index is -0.623. The SMILES string of the molecule is CCCCc1ncc(CN2C[C@H](C(=O)O)[C@@H](C3CC3)C2)[nH]1. The van der Waals surface area contributed by atoms with Crippen LogP contribution in [-0.4, -0.2) is 39.0 Å². The van der Waals surface area contributed by atoms with Crippen LogP contribution in [0.25, 0.3) is 0 Å². The van der Waals surface area contributed by atoms with Crippen molar-refractivity contribution in [2.24, 2.45) is 17.8 Å². The van der Waals surface area contributed by atoms with Crippen LogP contribution >= 0.6 is 0 Å². The summed E-state index contributed by atoms with van der Waals surface area (Å²) in [6.07, 6.45) is 7.66. The highest BCUT2D eigenvalue weighted by atomic mass is 16.4. The standard InChI is InChI=1S/C16H25N3O2/c1-2-3-4-15-17-7-12(18-15)8-19-9-13(11-5-6-11)14(10-19)16(20)21/h7,11,13-14H,2-6,8-10H2,1H3,(H,17,18)(H,20,21)/t13-,14+/m1/s1. The predicted molar refractivity (Wildman–Crippen MR) is 79.8 cm³/mol. The number of hydrogen-bond acceptors (Lipinski definition) is 3. The number of carbonyl (C=O) groups is 1. The largest absolute Gasteiger partial charge is 0.481 e. The quantitative estimate of drug-likeness (QED) is 0.808. The van der Waals surface area contributed by atoms with E-state index in [0.717, 1.165) is 37.4 Å². The number of carboxylic acids is 1.